The topological polar surface area (TPSA) is 87.5 Å². The molecule has 0 saturated carbocycles. The van der Waals surface area contributed by atoms with Crippen LogP contribution in [0.3, 0.4) is 0 Å². The first-order valence-corrected chi connectivity index (χ1v) is 8.10. The third-order valence-electron chi connectivity index (χ3n) is 2.71. The molecule has 1 unspecified atom stereocenters. The van der Waals surface area contributed by atoms with E-state index in [9.17, 15) is 13.2 Å². The van der Waals surface area contributed by atoms with Crippen molar-refractivity contribution in [2.24, 2.45) is 5.92 Å². The molecule has 0 fully saturated rings. The van der Waals surface area contributed by atoms with Gasteiger partial charge in [0.05, 0.1) is 19.1 Å². The molecule has 0 aliphatic heterocycles. The SMILES string of the molecule is COC(=O)c1scc(C)c1S(=O)(=O)N(C)CC(C)C#N. The van der Waals surface area contributed by atoms with E-state index >= 15 is 0 Å². The fraction of sp³-hybridized carbons (Fsp3) is 0.500. The van der Waals surface area contributed by atoms with E-state index in [0.717, 1.165) is 15.6 Å². The van der Waals surface area contributed by atoms with Crippen molar-refractivity contribution in [3.05, 3.63) is 15.8 Å². The molecule has 1 rings (SSSR count). The number of hydrogen-bond acceptors (Lipinski definition) is 6. The number of ether oxygens (including phenoxy) is 1. The van der Waals surface area contributed by atoms with Gasteiger partial charge < -0.3 is 4.74 Å². The second-order valence-corrected chi connectivity index (χ2v) is 7.25. The third-order valence-corrected chi connectivity index (χ3v) is 5.93. The van der Waals surface area contributed by atoms with Crippen LogP contribution in [0.1, 0.15) is 22.2 Å². The van der Waals surface area contributed by atoms with E-state index in [1.54, 1.807) is 19.2 Å². The van der Waals surface area contributed by atoms with E-state index in [-0.39, 0.29) is 16.3 Å². The van der Waals surface area contributed by atoms with Crippen LogP contribution in [0.5, 0.6) is 0 Å². The molecule has 1 aromatic heterocycles. The summed E-state index contributed by atoms with van der Waals surface area (Å²) in [6.07, 6.45) is 0. The summed E-state index contributed by atoms with van der Waals surface area (Å²) >= 11 is 1.03. The Hall–Kier alpha value is -1.43. The van der Waals surface area contributed by atoms with Crippen LogP contribution >= 0.6 is 11.3 Å². The first-order chi connectivity index (χ1) is 9.25. The van der Waals surface area contributed by atoms with Crippen molar-refractivity contribution >= 4 is 27.3 Å². The highest BCUT2D eigenvalue weighted by Gasteiger charge is 2.31. The van der Waals surface area contributed by atoms with Crippen LogP contribution < -0.4 is 0 Å². The molecule has 0 spiro atoms. The third kappa shape index (κ3) is 3.17. The lowest BCUT2D eigenvalue weighted by Crippen LogP contribution is -2.31. The number of carbonyl (C=O) groups is 1. The van der Waals surface area contributed by atoms with E-state index in [2.05, 4.69) is 4.74 Å². The number of nitriles is 1. The summed E-state index contributed by atoms with van der Waals surface area (Å²) < 4.78 is 30.7. The van der Waals surface area contributed by atoms with Gasteiger partial charge >= 0.3 is 5.97 Å². The minimum Gasteiger partial charge on any atom is -0.465 e. The lowest BCUT2D eigenvalue weighted by atomic mass is 10.2. The first-order valence-electron chi connectivity index (χ1n) is 5.78. The van der Waals surface area contributed by atoms with Gasteiger partial charge in [0, 0.05) is 13.6 Å². The van der Waals surface area contributed by atoms with Gasteiger partial charge in [0.1, 0.15) is 9.77 Å². The Kier molecular flexibility index (Phi) is 5.28. The van der Waals surface area contributed by atoms with E-state index in [1.165, 1.54) is 14.2 Å². The smallest absolute Gasteiger partial charge is 0.349 e. The van der Waals surface area contributed by atoms with E-state index in [1.807, 2.05) is 6.07 Å². The summed E-state index contributed by atoms with van der Waals surface area (Å²) in [5.41, 5.74) is 0.492. The molecule has 6 nitrogen and oxygen atoms in total. The number of methoxy groups -OCH3 is 1. The van der Waals surface area contributed by atoms with Crippen molar-refractivity contribution in [2.75, 3.05) is 20.7 Å². The number of aryl methyl sites for hydroxylation is 1. The number of hydrogen-bond donors (Lipinski definition) is 0. The van der Waals surface area contributed by atoms with Crippen LogP contribution in [-0.2, 0) is 14.8 Å². The molecule has 0 N–H and O–H groups in total. The highest BCUT2D eigenvalue weighted by atomic mass is 32.2. The van der Waals surface area contributed by atoms with Gasteiger partial charge in [0.15, 0.2) is 0 Å². The van der Waals surface area contributed by atoms with E-state index < -0.39 is 21.9 Å². The van der Waals surface area contributed by atoms with Gasteiger partial charge in [-0.1, -0.05) is 0 Å². The predicted octanol–water partition coefficient (Wildman–Crippen LogP) is 1.62. The maximum Gasteiger partial charge on any atom is 0.349 e. The molecule has 0 aromatic carbocycles. The van der Waals surface area contributed by atoms with Crippen LogP contribution in [0.25, 0.3) is 0 Å². The fourth-order valence-corrected chi connectivity index (χ4v) is 4.58. The Balaban J connectivity index is 3.26. The largest absolute Gasteiger partial charge is 0.465 e. The second kappa shape index (κ2) is 6.35. The molecule has 1 atom stereocenters. The Bertz CT molecular complexity index is 643. The van der Waals surface area contributed by atoms with Gasteiger partial charge in [0.25, 0.3) is 0 Å². The van der Waals surface area contributed by atoms with Crippen molar-refractivity contribution in [2.45, 2.75) is 18.7 Å². The van der Waals surface area contributed by atoms with Crippen LogP contribution in [-0.4, -0.2) is 39.4 Å². The van der Waals surface area contributed by atoms with E-state index in [4.69, 9.17) is 5.26 Å². The maximum atomic E-state index is 12.5. The minimum absolute atomic E-state index is 0.0398. The molecule has 1 aromatic rings. The molecule has 0 amide bonds. The summed E-state index contributed by atoms with van der Waals surface area (Å²) in [5.74, 6) is -1.11. The molecule has 8 heteroatoms. The van der Waals surface area contributed by atoms with Gasteiger partial charge in [-0.05, 0) is 24.8 Å². The quantitative estimate of drug-likeness (QED) is 0.770. The minimum atomic E-state index is -3.83. The van der Waals surface area contributed by atoms with Crippen LogP contribution in [0.15, 0.2) is 10.3 Å². The zero-order valence-electron chi connectivity index (χ0n) is 11.7. The number of carbonyl (C=O) groups excluding carboxylic acids is 1. The summed E-state index contributed by atoms with van der Waals surface area (Å²) in [6.45, 7) is 3.32. The number of rotatable bonds is 5. The average Bonchev–Trinajstić information content (AvgIpc) is 2.79. The van der Waals surface area contributed by atoms with Gasteiger partial charge in [-0.2, -0.15) is 9.57 Å². The second-order valence-electron chi connectivity index (χ2n) is 4.38. The number of esters is 1. The summed E-state index contributed by atoms with van der Waals surface area (Å²) in [5, 5.41) is 10.4. The average molecular weight is 316 g/mol. The van der Waals surface area contributed by atoms with Crippen molar-refractivity contribution in [3.63, 3.8) is 0 Å². The highest BCUT2D eigenvalue weighted by Crippen LogP contribution is 2.29. The Morgan fingerprint density at radius 2 is 2.20 bits per heavy atom. The molecule has 0 radical (unpaired) electrons. The van der Waals surface area contributed by atoms with Gasteiger partial charge in [-0.15, -0.1) is 11.3 Å². The summed E-state index contributed by atoms with van der Waals surface area (Å²) in [4.78, 5) is 11.7. The Morgan fingerprint density at radius 1 is 1.60 bits per heavy atom. The van der Waals surface area contributed by atoms with Crippen molar-refractivity contribution < 1.29 is 17.9 Å². The molecular weight excluding hydrogens is 300 g/mol. The molecule has 0 aliphatic rings. The van der Waals surface area contributed by atoms with Gasteiger partial charge in [-0.3, -0.25) is 0 Å². The summed E-state index contributed by atoms with van der Waals surface area (Å²) in [6, 6.07) is 1.98. The van der Waals surface area contributed by atoms with Crippen LogP contribution in [0.2, 0.25) is 0 Å². The number of thiophene rings is 1. The van der Waals surface area contributed by atoms with Crippen LogP contribution in [0.4, 0.5) is 0 Å². The maximum absolute atomic E-state index is 12.5. The van der Waals surface area contributed by atoms with Crippen molar-refractivity contribution in [1.29, 1.82) is 5.26 Å². The highest BCUT2D eigenvalue weighted by molar-refractivity contribution is 7.89. The van der Waals surface area contributed by atoms with Crippen molar-refractivity contribution in [1.82, 2.24) is 4.31 Å². The number of sulfonamides is 1. The zero-order chi connectivity index (χ0) is 15.5. The first kappa shape index (κ1) is 16.6. The predicted molar refractivity (Wildman–Crippen MR) is 75.0 cm³/mol. The Morgan fingerprint density at radius 3 is 2.70 bits per heavy atom. The molecule has 1 heterocycles. The van der Waals surface area contributed by atoms with Gasteiger partial charge in [0.2, 0.25) is 10.0 Å². The molecule has 110 valence electrons. The Labute approximate surface area is 122 Å². The molecule has 20 heavy (non-hydrogen) atoms. The normalized spacial score (nSPS) is 13.0. The standard InChI is InChI=1S/C12H16N2O4S2/c1-8(5-13)6-14(3)20(16,17)11-9(2)7-19-10(11)12(15)18-4/h7-8H,6H2,1-4H3. The monoisotopic (exact) mass is 316 g/mol. The lowest BCUT2D eigenvalue weighted by Gasteiger charge is -2.18. The number of nitrogens with zero attached hydrogens (tertiary/aromatic N) is 2. The lowest BCUT2D eigenvalue weighted by molar-refractivity contribution is 0.0602. The molecular formula is C12H16N2O4S2. The molecule has 0 saturated heterocycles. The van der Waals surface area contributed by atoms with Crippen molar-refractivity contribution in [3.8, 4) is 6.07 Å². The molecule has 0 aliphatic carbocycles. The summed E-state index contributed by atoms with van der Waals surface area (Å²) in [7, 11) is -1.23. The zero-order valence-corrected chi connectivity index (χ0v) is 13.3. The van der Waals surface area contributed by atoms with Crippen LogP contribution in [0, 0.1) is 24.2 Å². The van der Waals surface area contributed by atoms with E-state index in [0.29, 0.717) is 5.56 Å². The fourth-order valence-electron chi connectivity index (χ4n) is 1.67. The molecule has 0 bridgehead atoms. The van der Waals surface area contributed by atoms with Gasteiger partial charge in [-0.25, -0.2) is 13.2 Å².